The summed E-state index contributed by atoms with van der Waals surface area (Å²) in [4.78, 5) is 35.7. The number of alkyl halides is 1. The molecule has 0 aliphatic carbocycles. The molecule has 0 spiro atoms. The maximum absolute atomic E-state index is 15.0. The quantitative estimate of drug-likeness (QED) is 0.143. The summed E-state index contributed by atoms with van der Waals surface area (Å²) in [6.07, 6.45) is 2.36. The van der Waals surface area contributed by atoms with Crippen LogP contribution in [-0.4, -0.2) is 95.0 Å². The van der Waals surface area contributed by atoms with Crippen molar-refractivity contribution in [1.29, 1.82) is 0 Å². The molecule has 2 N–H and O–H groups in total. The lowest BCUT2D eigenvalue weighted by Crippen LogP contribution is -2.52. The summed E-state index contributed by atoms with van der Waals surface area (Å²) in [5.41, 5.74) is 2.47. The van der Waals surface area contributed by atoms with Gasteiger partial charge in [-0.25, -0.2) is 42.5 Å². The van der Waals surface area contributed by atoms with Crippen LogP contribution in [0.25, 0.3) is 11.2 Å². The number of phosphoric acid groups is 1. The number of imidazole rings is 1. The number of anilines is 1. The summed E-state index contributed by atoms with van der Waals surface area (Å²) in [6, 6.07) is 0. The van der Waals surface area contributed by atoms with Crippen molar-refractivity contribution in [2.75, 3.05) is 39.4 Å². The average molecular weight is 648 g/mol. The predicted molar refractivity (Wildman–Crippen MR) is 142 cm³/mol. The number of nitrogens with zero attached hydrogens (tertiary/aromatic N) is 4. The zero-order valence-electron chi connectivity index (χ0n) is 24.1. The summed E-state index contributed by atoms with van der Waals surface area (Å²) in [5.74, 6) is 2.54. The van der Waals surface area contributed by atoms with Crippen molar-refractivity contribution in [2.45, 2.75) is 63.4 Å². The SMILES string of the molecule is C#C[C@@]12OCO[C@@H]1[C@@](CF)(COP(=O)(OCOC(=O)OC(C)C)OCOC(=O)OC(C)C)O[C@H]2n1cnc2c(N)ncnc21. The Hall–Kier alpha value is -3.63. The van der Waals surface area contributed by atoms with Crippen LogP contribution >= 0.6 is 7.82 Å². The van der Waals surface area contributed by atoms with Gasteiger partial charge >= 0.3 is 20.1 Å². The molecule has 242 valence electrons. The molecule has 2 aliphatic rings. The zero-order chi connectivity index (χ0) is 32.1. The van der Waals surface area contributed by atoms with Gasteiger partial charge in [0.05, 0.1) is 25.1 Å². The fourth-order valence-electron chi connectivity index (χ4n) is 4.29. The van der Waals surface area contributed by atoms with Gasteiger partial charge in [0.1, 0.15) is 31.4 Å². The van der Waals surface area contributed by atoms with Gasteiger partial charge in [-0.2, -0.15) is 0 Å². The minimum atomic E-state index is -4.82. The van der Waals surface area contributed by atoms with Crippen molar-refractivity contribution >= 4 is 37.1 Å². The van der Waals surface area contributed by atoms with Crippen LogP contribution in [0.3, 0.4) is 0 Å². The second kappa shape index (κ2) is 13.6. The molecule has 0 radical (unpaired) electrons. The number of hydrogen-bond donors (Lipinski definition) is 1. The van der Waals surface area contributed by atoms with Crippen LogP contribution in [0.1, 0.15) is 33.9 Å². The van der Waals surface area contributed by atoms with Crippen LogP contribution in [0, 0.1) is 12.3 Å². The monoisotopic (exact) mass is 647 g/mol. The average Bonchev–Trinajstić information content (AvgIpc) is 3.65. The molecule has 2 fully saturated rings. The van der Waals surface area contributed by atoms with E-state index < -0.39 is 82.7 Å². The first kappa shape index (κ1) is 33.3. The highest BCUT2D eigenvalue weighted by Crippen LogP contribution is 2.55. The van der Waals surface area contributed by atoms with Gasteiger partial charge in [0, 0.05) is 0 Å². The number of aromatic nitrogens is 4. The van der Waals surface area contributed by atoms with Gasteiger partial charge in [-0.3, -0.25) is 9.09 Å². The van der Waals surface area contributed by atoms with Gasteiger partial charge in [0.15, 0.2) is 23.3 Å². The Kier molecular flexibility index (Phi) is 10.3. The summed E-state index contributed by atoms with van der Waals surface area (Å²) in [7, 11) is -4.82. The Morgan fingerprint density at radius 3 is 2.34 bits per heavy atom. The van der Waals surface area contributed by atoms with Gasteiger partial charge < -0.3 is 38.9 Å². The molecule has 2 saturated heterocycles. The van der Waals surface area contributed by atoms with Crippen molar-refractivity contribution in [3.8, 4) is 12.3 Å². The van der Waals surface area contributed by atoms with Gasteiger partial charge in [-0.05, 0) is 27.7 Å². The van der Waals surface area contributed by atoms with E-state index in [1.807, 2.05) is 0 Å². The molecular weight excluding hydrogens is 616 g/mol. The molecular formula is C24H31FN5O13P. The van der Waals surface area contributed by atoms with E-state index in [2.05, 4.69) is 20.9 Å². The van der Waals surface area contributed by atoms with Gasteiger partial charge in [0.2, 0.25) is 19.2 Å². The van der Waals surface area contributed by atoms with E-state index >= 15 is 4.39 Å². The summed E-state index contributed by atoms with van der Waals surface area (Å²) in [5, 5.41) is 0. The highest BCUT2D eigenvalue weighted by atomic mass is 31.2. The van der Waals surface area contributed by atoms with Crippen molar-refractivity contribution in [1.82, 2.24) is 19.5 Å². The molecule has 2 aromatic rings. The first-order chi connectivity index (χ1) is 20.9. The van der Waals surface area contributed by atoms with Crippen LogP contribution in [-0.2, 0) is 51.3 Å². The molecule has 0 amide bonds. The van der Waals surface area contributed by atoms with Gasteiger partial charge in [0.25, 0.3) is 0 Å². The third-order valence-electron chi connectivity index (χ3n) is 6.11. The summed E-state index contributed by atoms with van der Waals surface area (Å²) < 4.78 is 82.0. The highest BCUT2D eigenvalue weighted by Gasteiger charge is 2.70. The van der Waals surface area contributed by atoms with Crippen LogP contribution in [0.5, 0.6) is 0 Å². The lowest BCUT2D eigenvalue weighted by Gasteiger charge is -2.31. The number of terminal acetylenes is 1. The van der Waals surface area contributed by atoms with E-state index in [0.717, 1.165) is 0 Å². The van der Waals surface area contributed by atoms with Crippen LogP contribution in [0.15, 0.2) is 12.7 Å². The topological polar surface area (TPSA) is 213 Å². The number of hydrogen-bond acceptors (Lipinski definition) is 17. The number of nitrogen functional groups attached to an aromatic ring is 1. The van der Waals surface area contributed by atoms with E-state index in [0.29, 0.717) is 0 Å². The Bertz CT molecular complexity index is 1400. The van der Waals surface area contributed by atoms with E-state index in [1.54, 1.807) is 27.7 Å². The Balaban J connectivity index is 1.57. The minimum absolute atomic E-state index is 0.0657. The molecule has 4 atom stereocenters. The summed E-state index contributed by atoms with van der Waals surface area (Å²) in [6.45, 7) is 1.73. The van der Waals surface area contributed by atoms with E-state index in [4.69, 9.17) is 58.9 Å². The highest BCUT2D eigenvalue weighted by molar-refractivity contribution is 7.48. The molecule has 0 aromatic carbocycles. The minimum Gasteiger partial charge on any atom is -0.432 e. The number of rotatable bonds is 13. The molecule has 0 saturated carbocycles. The molecule has 44 heavy (non-hydrogen) atoms. The molecule has 0 unspecified atom stereocenters. The lowest BCUT2D eigenvalue weighted by molar-refractivity contribution is -0.174. The van der Waals surface area contributed by atoms with Gasteiger partial charge in [-0.15, -0.1) is 6.42 Å². The van der Waals surface area contributed by atoms with Crippen LogP contribution < -0.4 is 5.73 Å². The Morgan fingerprint density at radius 2 is 1.77 bits per heavy atom. The molecule has 18 nitrogen and oxygen atoms in total. The number of phosphoric ester groups is 1. The molecule has 20 heteroatoms. The number of carbonyl (C=O) groups excluding carboxylic acids is 2. The fourth-order valence-corrected chi connectivity index (χ4v) is 5.25. The van der Waals surface area contributed by atoms with Crippen molar-refractivity contribution < 1.29 is 65.3 Å². The van der Waals surface area contributed by atoms with Crippen LogP contribution in [0.4, 0.5) is 19.8 Å². The number of fused-ring (bicyclic) bond motifs is 2. The summed E-state index contributed by atoms with van der Waals surface area (Å²) >= 11 is 0. The van der Waals surface area contributed by atoms with Crippen molar-refractivity contribution in [2.24, 2.45) is 0 Å². The van der Waals surface area contributed by atoms with E-state index in [9.17, 15) is 14.2 Å². The first-order valence-electron chi connectivity index (χ1n) is 13.0. The molecule has 2 aliphatic heterocycles. The second-order valence-electron chi connectivity index (χ2n) is 9.83. The van der Waals surface area contributed by atoms with E-state index in [1.165, 1.54) is 17.2 Å². The second-order valence-corrected chi connectivity index (χ2v) is 11.5. The van der Waals surface area contributed by atoms with E-state index in [-0.39, 0.29) is 23.8 Å². The smallest absolute Gasteiger partial charge is 0.432 e. The van der Waals surface area contributed by atoms with Gasteiger partial charge in [-0.1, -0.05) is 5.92 Å². The number of halogens is 1. The fraction of sp³-hybridized carbons (Fsp3) is 0.625. The molecule has 2 aromatic heterocycles. The first-order valence-corrected chi connectivity index (χ1v) is 14.4. The Labute approximate surface area is 250 Å². The standard InChI is InChI=1S/C24H31FN5O13P/c1-6-24-19(34-11-37-24)23(7-25,43-20(24)30-10-29-16-17(26)27-9-28-18(16)30)8-38-44(33,39-12-35-21(31)41-14(2)3)40-13-36-22(32)42-15(4)5/h1,9-10,14-15,19-20H,7-8,11-13H2,2-5H3,(H2,26,27,28)/t19-,20-,23-,24-/m1/s1. The number of ether oxygens (including phenoxy) is 7. The molecule has 4 heterocycles. The molecule has 4 rings (SSSR count). The number of carbonyl (C=O) groups is 2. The number of nitrogens with two attached hydrogens (primary N) is 1. The normalized spacial score (nSPS) is 24.8. The maximum atomic E-state index is 15.0. The third kappa shape index (κ3) is 6.86. The zero-order valence-corrected chi connectivity index (χ0v) is 25.0. The lowest BCUT2D eigenvalue weighted by atomic mass is 9.87. The van der Waals surface area contributed by atoms with Crippen LogP contribution in [0.2, 0.25) is 0 Å². The van der Waals surface area contributed by atoms with Crippen molar-refractivity contribution in [3.63, 3.8) is 0 Å². The third-order valence-corrected chi connectivity index (χ3v) is 7.40. The maximum Gasteiger partial charge on any atom is 0.510 e. The Morgan fingerprint density at radius 1 is 1.14 bits per heavy atom. The largest absolute Gasteiger partial charge is 0.510 e. The van der Waals surface area contributed by atoms with Crippen molar-refractivity contribution in [3.05, 3.63) is 12.7 Å². The predicted octanol–water partition coefficient (Wildman–Crippen LogP) is 2.59. The molecule has 0 bridgehead atoms.